The van der Waals surface area contributed by atoms with Gasteiger partial charge in [0, 0.05) is 6.07 Å². The molecule has 1 aromatic heterocycles. The van der Waals surface area contributed by atoms with Crippen molar-refractivity contribution in [1.82, 2.24) is 4.98 Å². The number of halogens is 5. The highest BCUT2D eigenvalue weighted by Crippen LogP contribution is 2.37. The Morgan fingerprint density at radius 1 is 1.38 bits per heavy atom. The number of hydrogen-bond acceptors (Lipinski definition) is 3. The lowest BCUT2D eigenvalue weighted by molar-refractivity contribution is -0.389. The monoisotopic (exact) mass is 242 g/mol. The molecule has 1 heterocycles. The van der Waals surface area contributed by atoms with Gasteiger partial charge in [-0.1, -0.05) is 0 Å². The highest BCUT2D eigenvalue weighted by Gasteiger charge is 2.38. The van der Waals surface area contributed by atoms with E-state index in [0.29, 0.717) is 0 Å². The van der Waals surface area contributed by atoms with Crippen LogP contribution < -0.4 is 0 Å². The molecule has 0 amide bonds. The zero-order valence-corrected chi connectivity index (χ0v) is 7.33. The molecule has 0 bridgehead atoms. The molecule has 4 nitrogen and oxygen atoms in total. The van der Waals surface area contributed by atoms with Crippen LogP contribution in [0.2, 0.25) is 0 Å². The van der Waals surface area contributed by atoms with Gasteiger partial charge in [0.1, 0.15) is 6.20 Å². The predicted octanol–water partition coefficient (Wildman–Crippen LogP) is 2.95. The second kappa shape index (κ2) is 3.99. The van der Waals surface area contributed by atoms with Crippen LogP contribution in [0.5, 0.6) is 0 Å². The standard InChI is InChI=1S/C7H3F5N2O2/c8-6(9)3-2-13-5(14(15)16)1-4(3)7(10,11)12/h1-2,6H. The highest BCUT2D eigenvalue weighted by atomic mass is 19.4. The smallest absolute Gasteiger partial charge is 0.358 e. The van der Waals surface area contributed by atoms with E-state index in [1.165, 1.54) is 0 Å². The molecule has 0 saturated carbocycles. The summed E-state index contributed by atoms with van der Waals surface area (Å²) >= 11 is 0. The molecular formula is C7H3F5N2O2. The van der Waals surface area contributed by atoms with E-state index < -0.39 is 34.5 Å². The highest BCUT2D eigenvalue weighted by molar-refractivity contribution is 5.35. The Kier molecular flexibility index (Phi) is 3.06. The first-order chi connectivity index (χ1) is 7.23. The summed E-state index contributed by atoms with van der Waals surface area (Å²) < 4.78 is 61.2. The summed E-state index contributed by atoms with van der Waals surface area (Å²) in [7, 11) is 0. The van der Waals surface area contributed by atoms with Gasteiger partial charge in [-0.3, -0.25) is 0 Å². The van der Waals surface area contributed by atoms with E-state index in [9.17, 15) is 32.1 Å². The van der Waals surface area contributed by atoms with Crippen LogP contribution in [0, 0.1) is 10.1 Å². The first-order valence-corrected chi connectivity index (χ1v) is 3.73. The largest absolute Gasteiger partial charge is 0.417 e. The van der Waals surface area contributed by atoms with Crippen molar-refractivity contribution < 1.29 is 26.9 Å². The first-order valence-electron chi connectivity index (χ1n) is 3.73. The third-order valence-electron chi connectivity index (χ3n) is 1.65. The Bertz CT molecular complexity index is 418. The van der Waals surface area contributed by atoms with Gasteiger partial charge >= 0.3 is 12.0 Å². The van der Waals surface area contributed by atoms with Crippen molar-refractivity contribution in [2.45, 2.75) is 12.6 Å². The third-order valence-corrected chi connectivity index (χ3v) is 1.65. The maximum atomic E-state index is 12.3. The molecule has 0 spiro atoms. The van der Waals surface area contributed by atoms with Crippen molar-refractivity contribution in [2.24, 2.45) is 0 Å². The number of aromatic nitrogens is 1. The normalized spacial score (nSPS) is 11.9. The Hall–Kier alpha value is -1.80. The topological polar surface area (TPSA) is 56.0 Å². The predicted molar refractivity (Wildman–Crippen MR) is 40.9 cm³/mol. The van der Waals surface area contributed by atoms with E-state index in [2.05, 4.69) is 4.98 Å². The minimum Gasteiger partial charge on any atom is -0.358 e. The number of rotatable bonds is 2. The number of hydrogen-bond donors (Lipinski definition) is 0. The van der Waals surface area contributed by atoms with Gasteiger partial charge in [0.2, 0.25) is 0 Å². The molecule has 1 rings (SSSR count). The minimum absolute atomic E-state index is 0.0124. The van der Waals surface area contributed by atoms with E-state index in [1.54, 1.807) is 0 Å². The summed E-state index contributed by atoms with van der Waals surface area (Å²) in [4.78, 5) is 11.9. The SMILES string of the molecule is O=[N+]([O-])c1cc(C(F)(F)F)c(C(F)F)cn1. The van der Waals surface area contributed by atoms with Crippen LogP contribution in [0.3, 0.4) is 0 Å². The zero-order valence-electron chi connectivity index (χ0n) is 7.33. The average Bonchev–Trinajstić information content (AvgIpc) is 2.15. The Balaban J connectivity index is 3.39. The van der Waals surface area contributed by atoms with Crippen molar-refractivity contribution in [3.8, 4) is 0 Å². The van der Waals surface area contributed by atoms with Gasteiger partial charge in [0.05, 0.1) is 11.1 Å². The van der Waals surface area contributed by atoms with E-state index in [0.717, 1.165) is 0 Å². The van der Waals surface area contributed by atoms with Crippen molar-refractivity contribution in [1.29, 1.82) is 0 Å². The van der Waals surface area contributed by atoms with Crippen molar-refractivity contribution in [2.75, 3.05) is 0 Å². The maximum Gasteiger partial charge on any atom is 0.417 e. The van der Waals surface area contributed by atoms with Crippen molar-refractivity contribution in [3.05, 3.63) is 33.5 Å². The maximum absolute atomic E-state index is 12.3. The van der Waals surface area contributed by atoms with E-state index in [-0.39, 0.29) is 12.3 Å². The Morgan fingerprint density at radius 3 is 2.31 bits per heavy atom. The molecule has 0 aliphatic carbocycles. The molecule has 88 valence electrons. The quantitative estimate of drug-likeness (QED) is 0.455. The molecule has 0 aliphatic rings. The third kappa shape index (κ3) is 2.41. The van der Waals surface area contributed by atoms with Crippen LogP contribution >= 0.6 is 0 Å². The lowest BCUT2D eigenvalue weighted by atomic mass is 10.1. The second-order valence-electron chi connectivity index (χ2n) is 2.69. The van der Waals surface area contributed by atoms with Gasteiger partial charge in [-0.25, -0.2) is 8.78 Å². The molecule has 0 unspecified atom stereocenters. The Labute approximate surface area is 84.9 Å². The summed E-state index contributed by atoms with van der Waals surface area (Å²) in [5, 5.41) is 10.1. The summed E-state index contributed by atoms with van der Waals surface area (Å²) in [6.45, 7) is 0. The van der Waals surface area contributed by atoms with Crippen LogP contribution in [-0.4, -0.2) is 9.91 Å². The van der Waals surface area contributed by atoms with Crippen LogP contribution in [0.4, 0.5) is 27.8 Å². The van der Waals surface area contributed by atoms with Crippen molar-refractivity contribution >= 4 is 5.82 Å². The van der Waals surface area contributed by atoms with Crippen LogP contribution in [-0.2, 0) is 6.18 Å². The molecule has 0 aromatic carbocycles. The zero-order chi connectivity index (χ0) is 12.5. The summed E-state index contributed by atoms with van der Waals surface area (Å²) in [6.07, 6.45) is -8.32. The van der Waals surface area contributed by atoms with Crippen LogP contribution in [0.1, 0.15) is 17.6 Å². The summed E-state index contributed by atoms with van der Waals surface area (Å²) in [5.74, 6) is -1.13. The molecule has 0 fully saturated rings. The molecule has 0 saturated heterocycles. The number of pyridine rings is 1. The molecule has 0 N–H and O–H groups in total. The van der Waals surface area contributed by atoms with Gasteiger partial charge in [-0.2, -0.15) is 13.2 Å². The molecule has 1 aromatic rings. The molecule has 16 heavy (non-hydrogen) atoms. The van der Waals surface area contributed by atoms with E-state index in [4.69, 9.17) is 0 Å². The fourth-order valence-corrected chi connectivity index (χ4v) is 0.974. The molecular weight excluding hydrogens is 239 g/mol. The fourth-order valence-electron chi connectivity index (χ4n) is 0.974. The van der Waals surface area contributed by atoms with Crippen LogP contribution in [0.15, 0.2) is 12.3 Å². The number of alkyl halides is 5. The van der Waals surface area contributed by atoms with Gasteiger partial charge in [0.25, 0.3) is 6.43 Å². The Morgan fingerprint density at radius 2 is 1.94 bits per heavy atom. The van der Waals surface area contributed by atoms with Gasteiger partial charge in [-0.15, -0.1) is 0 Å². The van der Waals surface area contributed by atoms with E-state index in [1.807, 2.05) is 0 Å². The first kappa shape index (κ1) is 12.3. The van der Waals surface area contributed by atoms with Gasteiger partial charge in [-0.05, 0) is 9.91 Å². The molecule has 0 aliphatic heterocycles. The van der Waals surface area contributed by atoms with Crippen molar-refractivity contribution in [3.63, 3.8) is 0 Å². The molecule has 0 atom stereocenters. The minimum atomic E-state index is -5.08. The summed E-state index contributed by atoms with van der Waals surface area (Å²) in [6, 6.07) is -0.0124. The lowest BCUT2D eigenvalue weighted by Crippen LogP contribution is -2.11. The molecule has 9 heteroatoms. The van der Waals surface area contributed by atoms with Gasteiger partial charge in [0.15, 0.2) is 0 Å². The van der Waals surface area contributed by atoms with Gasteiger partial charge < -0.3 is 10.1 Å². The number of nitro groups is 1. The summed E-state index contributed by atoms with van der Waals surface area (Å²) in [5.41, 5.74) is -3.12. The lowest BCUT2D eigenvalue weighted by Gasteiger charge is -2.09. The fraction of sp³-hybridized carbons (Fsp3) is 0.286. The van der Waals surface area contributed by atoms with Crippen LogP contribution in [0.25, 0.3) is 0 Å². The second-order valence-corrected chi connectivity index (χ2v) is 2.69. The average molecular weight is 242 g/mol. The number of nitrogens with zero attached hydrogens (tertiary/aromatic N) is 2. The van der Waals surface area contributed by atoms with E-state index >= 15 is 0 Å². The molecule has 0 radical (unpaired) electrons.